The van der Waals surface area contributed by atoms with E-state index in [0.717, 1.165) is 5.71 Å². The first-order valence-electron chi connectivity index (χ1n) is 7.13. The molecule has 2 aromatic carbocycles. The molecule has 0 aliphatic rings. The zero-order valence-corrected chi connectivity index (χ0v) is 13.5. The normalized spacial score (nSPS) is 10.1. The van der Waals surface area contributed by atoms with Crippen molar-refractivity contribution in [1.29, 1.82) is 0 Å². The molecule has 0 amide bonds. The van der Waals surface area contributed by atoms with Gasteiger partial charge in [-0.2, -0.15) is 0 Å². The lowest BCUT2D eigenvalue weighted by Gasteiger charge is -2.13. The molecule has 21 heavy (non-hydrogen) atoms. The van der Waals surface area contributed by atoms with Crippen molar-refractivity contribution in [3.05, 3.63) is 59.7 Å². The molecule has 110 valence electrons. The average molecular weight is 282 g/mol. The molecule has 0 heterocycles. The molecule has 0 bridgehead atoms. The largest absolute Gasteiger partial charge is 0.378 e. The Morgan fingerprint density at radius 3 is 1.24 bits per heavy atom. The van der Waals surface area contributed by atoms with Crippen molar-refractivity contribution in [2.24, 2.45) is 0 Å². The number of rotatable bonds is 4. The van der Waals surface area contributed by atoms with E-state index in [4.69, 9.17) is 0 Å². The van der Waals surface area contributed by atoms with Gasteiger partial charge in [-0.25, -0.2) is 4.99 Å². The summed E-state index contributed by atoms with van der Waals surface area (Å²) in [5.74, 6) is 0. The van der Waals surface area contributed by atoms with Gasteiger partial charge in [0.05, 0.1) is 0 Å². The Bertz CT molecular complexity index is 554. The minimum Gasteiger partial charge on any atom is -0.378 e. The fraction of sp³-hybridized carbons (Fsp3) is 0.278. The zero-order chi connectivity index (χ0) is 15.4. The second-order valence-corrected chi connectivity index (χ2v) is 5.51. The van der Waals surface area contributed by atoms with Crippen LogP contribution in [0, 0.1) is 0 Å². The highest BCUT2D eigenvalue weighted by Gasteiger charge is 2.12. The van der Waals surface area contributed by atoms with Gasteiger partial charge < -0.3 is 9.80 Å². The molecule has 0 saturated carbocycles. The van der Waals surface area contributed by atoms with E-state index in [9.17, 15) is 0 Å². The quantitative estimate of drug-likeness (QED) is 0.855. The summed E-state index contributed by atoms with van der Waals surface area (Å²) in [5.41, 5.74) is 5.95. The molecule has 0 atom stereocenters. The van der Waals surface area contributed by atoms with Crippen molar-refractivity contribution in [2.75, 3.05) is 45.0 Å². The highest BCUT2D eigenvalue weighted by molar-refractivity contribution is 6.09. The van der Waals surface area contributed by atoms with Gasteiger partial charge in [-0.3, -0.25) is 0 Å². The molecular formula is C18H24N3+. The maximum absolute atomic E-state index is 3.32. The Kier molecular flexibility index (Phi) is 4.63. The van der Waals surface area contributed by atoms with Gasteiger partial charge in [0.1, 0.15) is 7.05 Å². The van der Waals surface area contributed by atoms with Crippen LogP contribution in [0.2, 0.25) is 0 Å². The lowest BCUT2D eigenvalue weighted by Crippen LogP contribution is -2.68. The van der Waals surface area contributed by atoms with Crippen molar-refractivity contribution in [1.82, 2.24) is 0 Å². The number of anilines is 2. The van der Waals surface area contributed by atoms with Crippen LogP contribution >= 0.6 is 0 Å². The van der Waals surface area contributed by atoms with Gasteiger partial charge in [-0.15, -0.1) is 0 Å². The molecule has 0 saturated heterocycles. The van der Waals surface area contributed by atoms with E-state index in [2.05, 4.69) is 91.5 Å². The smallest absolute Gasteiger partial charge is 0.212 e. The predicted molar refractivity (Wildman–Crippen MR) is 91.6 cm³/mol. The summed E-state index contributed by atoms with van der Waals surface area (Å²) >= 11 is 0. The fourth-order valence-corrected chi connectivity index (χ4v) is 2.31. The van der Waals surface area contributed by atoms with Crippen LogP contribution < -0.4 is 14.8 Å². The molecule has 2 aromatic rings. The molecule has 1 N–H and O–H groups in total. The Hall–Kier alpha value is -2.29. The Morgan fingerprint density at radius 2 is 1.00 bits per heavy atom. The standard InChI is InChI=1S/C18H23N3/c1-19-18(14-6-10-16(11-7-14)20(2)3)15-8-12-17(13-9-15)21(4)5/h6-13H,1-5H3/p+1. The number of nitrogens with one attached hydrogen (secondary N) is 1. The summed E-state index contributed by atoms with van der Waals surface area (Å²) in [6, 6.07) is 17.2. The molecule has 3 nitrogen and oxygen atoms in total. The molecule has 0 fully saturated rings. The van der Waals surface area contributed by atoms with Crippen molar-refractivity contribution in [2.45, 2.75) is 0 Å². The van der Waals surface area contributed by atoms with Gasteiger partial charge in [0, 0.05) is 50.7 Å². The number of hydrogen-bond acceptors (Lipinski definition) is 2. The van der Waals surface area contributed by atoms with E-state index >= 15 is 0 Å². The van der Waals surface area contributed by atoms with Gasteiger partial charge in [0.15, 0.2) is 0 Å². The molecule has 0 spiro atoms. The first kappa shape index (κ1) is 15.1. The van der Waals surface area contributed by atoms with E-state index in [-0.39, 0.29) is 0 Å². The molecule has 0 aliphatic carbocycles. The maximum Gasteiger partial charge on any atom is 0.212 e. The molecule has 0 unspecified atom stereocenters. The highest BCUT2D eigenvalue weighted by Crippen LogP contribution is 2.17. The van der Waals surface area contributed by atoms with E-state index in [0.29, 0.717) is 0 Å². The highest BCUT2D eigenvalue weighted by atomic mass is 15.1. The maximum atomic E-state index is 3.32. The van der Waals surface area contributed by atoms with E-state index in [1.807, 2.05) is 7.05 Å². The second kappa shape index (κ2) is 6.44. The van der Waals surface area contributed by atoms with E-state index in [1.54, 1.807) is 0 Å². The van der Waals surface area contributed by atoms with E-state index in [1.165, 1.54) is 22.5 Å². The minimum absolute atomic E-state index is 1.14. The third kappa shape index (κ3) is 3.43. The number of hydrogen-bond donors (Lipinski definition) is 1. The summed E-state index contributed by atoms with van der Waals surface area (Å²) in [4.78, 5) is 7.53. The molecule has 2 rings (SSSR count). The lowest BCUT2D eigenvalue weighted by atomic mass is 10.0. The van der Waals surface area contributed by atoms with Gasteiger partial charge in [-0.05, 0) is 48.5 Å². The average Bonchev–Trinajstić information content (AvgIpc) is 2.49. The van der Waals surface area contributed by atoms with Crippen molar-refractivity contribution < 1.29 is 4.99 Å². The van der Waals surface area contributed by atoms with Crippen LogP contribution in [-0.4, -0.2) is 41.0 Å². The summed E-state index contributed by atoms with van der Waals surface area (Å²) < 4.78 is 0. The summed E-state index contributed by atoms with van der Waals surface area (Å²) in [6.07, 6.45) is 0. The van der Waals surface area contributed by atoms with Crippen LogP contribution in [-0.2, 0) is 0 Å². The molecular weight excluding hydrogens is 258 g/mol. The first-order valence-corrected chi connectivity index (χ1v) is 7.13. The molecule has 0 aromatic heterocycles. The van der Waals surface area contributed by atoms with Crippen LogP contribution in [0.3, 0.4) is 0 Å². The number of benzene rings is 2. The third-order valence-corrected chi connectivity index (χ3v) is 3.59. The van der Waals surface area contributed by atoms with Crippen molar-refractivity contribution >= 4 is 17.1 Å². The van der Waals surface area contributed by atoms with Crippen LogP contribution in [0.15, 0.2) is 48.5 Å². The molecule has 0 radical (unpaired) electrons. The lowest BCUT2D eigenvalue weighted by molar-refractivity contribution is -0.418. The Balaban J connectivity index is 2.31. The minimum atomic E-state index is 1.14. The first-order chi connectivity index (χ1) is 10.0. The van der Waals surface area contributed by atoms with Crippen molar-refractivity contribution in [3.63, 3.8) is 0 Å². The molecule has 0 aliphatic heterocycles. The van der Waals surface area contributed by atoms with Crippen molar-refractivity contribution in [3.8, 4) is 0 Å². The Morgan fingerprint density at radius 1 is 0.667 bits per heavy atom. The van der Waals surface area contributed by atoms with Gasteiger partial charge in [-0.1, -0.05) is 0 Å². The van der Waals surface area contributed by atoms with Crippen LogP contribution in [0.25, 0.3) is 0 Å². The third-order valence-electron chi connectivity index (χ3n) is 3.59. The topological polar surface area (TPSA) is 20.5 Å². The Labute approximate surface area is 127 Å². The second-order valence-electron chi connectivity index (χ2n) is 5.51. The molecule has 3 heteroatoms. The van der Waals surface area contributed by atoms with Gasteiger partial charge >= 0.3 is 0 Å². The van der Waals surface area contributed by atoms with Crippen LogP contribution in [0.5, 0.6) is 0 Å². The monoisotopic (exact) mass is 282 g/mol. The van der Waals surface area contributed by atoms with Gasteiger partial charge in [0.25, 0.3) is 0 Å². The van der Waals surface area contributed by atoms with Crippen LogP contribution in [0.4, 0.5) is 11.4 Å². The number of nitrogens with zero attached hydrogens (tertiary/aromatic N) is 2. The summed E-state index contributed by atoms with van der Waals surface area (Å²) in [5, 5.41) is 0. The summed E-state index contributed by atoms with van der Waals surface area (Å²) in [7, 11) is 10.2. The van der Waals surface area contributed by atoms with Gasteiger partial charge in [0.2, 0.25) is 5.71 Å². The fourth-order valence-electron chi connectivity index (χ4n) is 2.31. The predicted octanol–water partition coefficient (Wildman–Crippen LogP) is 1.37. The zero-order valence-electron chi connectivity index (χ0n) is 13.5. The summed E-state index contributed by atoms with van der Waals surface area (Å²) in [6.45, 7) is 0. The van der Waals surface area contributed by atoms with Crippen LogP contribution in [0.1, 0.15) is 11.1 Å². The van der Waals surface area contributed by atoms with E-state index < -0.39 is 0 Å². The SMILES string of the molecule is C[NH+]=C(c1ccc(N(C)C)cc1)c1ccc(N(C)C)cc1.